The minimum absolute atomic E-state index is 0.00203. The summed E-state index contributed by atoms with van der Waals surface area (Å²) in [6.45, 7) is 0.622. The fourth-order valence-electron chi connectivity index (χ4n) is 2.77. The third kappa shape index (κ3) is 3.22. The summed E-state index contributed by atoms with van der Waals surface area (Å²) < 4.78 is 1.65. The van der Waals surface area contributed by atoms with E-state index in [0.29, 0.717) is 30.9 Å². The highest BCUT2D eigenvalue weighted by Gasteiger charge is 2.24. The number of hydrogen-bond acceptors (Lipinski definition) is 6. The minimum Gasteiger partial charge on any atom is -0.355 e. The molecule has 1 aliphatic rings. The van der Waals surface area contributed by atoms with Gasteiger partial charge in [-0.15, -0.1) is 21.5 Å². The number of nitrogens with one attached hydrogen (secondary N) is 2. The number of rotatable bonds is 4. The van der Waals surface area contributed by atoms with Crippen molar-refractivity contribution in [2.45, 2.75) is 19.4 Å². The molecule has 0 bridgehead atoms. The van der Waals surface area contributed by atoms with Gasteiger partial charge >= 0.3 is 0 Å². The molecule has 9 heteroatoms. The predicted octanol–water partition coefficient (Wildman–Crippen LogP) is 0.995. The molecule has 0 spiro atoms. The van der Waals surface area contributed by atoms with Crippen LogP contribution in [0.15, 0.2) is 29.6 Å². The first-order chi connectivity index (χ1) is 12.2. The van der Waals surface area contributed by atoms with Crippen LogP contribution in [0.25, 0.3) is 16.2 Å². The molecule has 1 fully saturated rings. The number of fused-ring (bicyclic) bond motifs is 1. The Morgan fingerprint density at radius 1 is 1.36 bits per heavy atom. The summed E-state index contributed by atoms with van der Waals surface area (Å²) in [6, 6.07) is 7.74. The van der Waals surface area contributed by atoms with Crippen molar-refractivity contribution in [1.82, 2.24) is 30.4 Å². The van der Waals surface area contributed by atoms with E-state index in [4.69, 9.17) is 0 Å². The second-order valence-electron chi connectivity index (χ2n) is 5.84. The van der Waals surface area contributed by atoms with Gasteiger partial charge in [-0.1, -0.05) is 6.07 Å². The fraction of sp³-hybridized carbons (Fsp3) is 0.312. The molecular weight excluding hydrogens is 340 g/mol. The van der Waals surface area contributed by atoms with Crippen molar-refractivity contribution in [3.8, 4) is 10.6 Å². The maximum atomic E-state index is 12.3. The van der Waals surface area contributed by atoms with Crippen LogP contribution in [0.1, 0.15) is 18.7 Å². The standard InChI is InChI=1S/C16H16N6O2S/c23-15-6-3-10(8-17-15)16(24)18-9-14-20-19-13-5-4-11(21-22(13)14)12-2-1-7-25-12/h1-2,4-5,7,10H,3,6,8-9H2,(H,17,23)(H,18,24). The first kappa shape index (κ1) is 15.7. The lowest BCUT2D eigenvalue weighted by Gasteiger charge is -2.21. The van der Waals surface area contributed by atoms with Crippen molar-refractivity contribution in [3.63, 3.8) is 0 Å². The molecule has 3 aromatic heterocycles. The van der Waals surface area contributed by atoms with E-state index in [-0.39, 0.29) is 24.3 Å². The Hall–Kier alpha value is -2.81. The molecule has 0 aromatic carbocycles. The van der Waals surface area contributed by atoms with E-state index in [1.165, 1.54) is 0 Å². The van der Waals surface area contributed by atoms with Gasteiger partial charge in [-0.05, 0) is 30.0 Å². The van der Waals surface area contributed by atoms with Gasteiger partial charge in [0, 0.05) is 13.0 Å². The molecule has 1 unspecified atom stereocenters. The number of amides is 2. The van der Waals surface area contributed by atoms with Crippen molar-refractivity contribution in [2.75, 3.05) is 6.54 Å². The lowest BCUT2D eigenvalue weighted by molar-refractivity contribution is -0.129. The maximum Gasteiger partial charge on any atom is 0.225 e. The summed E-state index contributed by atoms with van der Waals surface area (Å²) in [5.41, 5.74) is 1.47. The topological polar surface area (TPSA) is 101 Å². The fourth-order valence-corrected chi connectivity index (χ4v) is 3.46. The van der Waals surface area contributed by atoms with E-state index < -0.39 is 0 Å². The summed E-state index contributed by atoms with van der Waals surface area (Å²) >= 11 is 1.61. The average molecular weight is 356 g/mol. The van der Waals surface area contributed by atoms with Crippen molar-refractivity contribution < 1.29 is 9.59 Å². The van der Waals surface area contributed by atoms with Gasteiger partial charge in [0.25, 0.3) is 0 Å². The molecule has 1 atom stereocenters. The van der Waals surface area contributed by atoms with Crippen LogP contribution in [0, 0.1) is 5.92 Å². The highest BCUT2D eigenvalue weighted by atomic mass is 32.1. The van der Waals surface area contributed by atoms with E-state index in [9.17, 15) is 9.59 Å². The number of aromatic nitrogens is 4. The molecule has 1 saturated heterocycles. The van der Waals surface area contributed by atoms with E-state index in [0.717, 1.165) is 10.6 Å². The van der Waals surface area contributed by atoms with Gasteiger partial charge in [-0.3, -0.25) is 9.59 Å². The second-order valence-corrected chi connectivity index (χ2v) is 6.79. The SMILES string of the molecule is O=C1CCC(C(=O)NCc2nnc3ccc(-c4cccs4)nn23)CN1. The van der Waals surface area contributed by atoms with Crippen LogP contribution in [0.2, 0.25) is 0 Å². The van der Waals surface area contributed by atoms with Crippen LogP contribution >= 0.6 is 11.3 Å². The van der Waals surface area contributed by atoms with Gasteiger partial charge < -0.3 is 10.6 Å². The molecule has 1 aliphatic heterocycles. The molecule has 2 N–H and O–H groups in total. The average Bonchev–Trinajstić information content (AvgIpc) is 3.30. The lowest BCUT2D eigenvalue weighted by atomic mass is 9.98. The molecule has 25 heavy (non-hydrogen) atoms. The Labute approximate surface area is 147 Å². The number of hydrogen-bond donors (Lipinski definition) is 2. The molecule has 3 aromatic rings. The zero-order valence-electron chi connectivity index (χ0n) is 13.3. The minimum atomic E-state index is -0.202. The van der Waals surface area contributed by atoms with Gasteiger partial charge in [-0.2, -0.15) is 9.61 Å². The van der Waals surface area contributed by atoms with Gasteiger partial charge in [0.1, 0.15) is 5.69 Å². The summed E-state index contributed by atoms with van der Waals surface area (Å²) in [5.74, 6) is 0.275. The Morgan fingerprint density at radius 3 is 3.04 bits per heavy atom. The van der Waals surface area contributed by atoms with Crippen LogP contribution < -0.4 is 10.6 Å². The van der Waals surface area contributed by atoms with Gasteiger partial charge in [0.2, 0.25) is 11.8 Å². The normalized spacial score (nSPS) is 17.4. The molecule has 0 aliphatic carbocycles. The first-order valence-electron chi connectivity index (χ1n) is 8.00. The smallest absolute Gasteiger partial charge is 0.225 e. The van der Waals surface area contributed by atoms with Gasteiger partial charge in [0.15, 0.2) is 11.5 Å². The number of nitrogens with zero attached hydrogens (tertiary/aromatic N) is 4. The van der Waals surface area contributed by atoms with Crippen LogP contribution in [0.3, 0.4) is 0 Å². The summed E-state index contributed by atoms with van der Waals surface area (Å²) in [4.78, 5) is 24.5. The van der Waals surface area contributed by atoms with Crippen LogP contribution in [-0.2, 0) is 16.1 Å². The zero-order valence-corrected chi connectivity index (χ0v) is 14.1. The van der Waals surface area contributed by atoms with Gasteiger partial charge in [0.05, 0.1) is 17.3 Å². The molecule has 8 nitrogen and oxygen atoms in total. The first-order valence-corrected chi connectivity index (χ1v) is 8.88. The Morgan fingerprint density at radius 2 is 2.28 bits per heavy atom. The number of thiophene rings is 1. The number of carbonyl (C=O) groups is 2. The van der Waals surface area contributed by atoms with Crippen molar-refractivity contribution >= 4 is 28.8 Å². The van der Waals surface area contributed by atoms with E-state index in [1.807, 2.05) is 29.6 Å². The third-order valence-electron chi connectivity index (χ3n) is 4.16. The Balaban J connectivity index is 1.48. The van der Waals surface area contributed by atoms with E-state index in [2.05, 4.69) is 25.9 Å². The second kappa shape index (κ2) is 6.60. The van der Waals surface area contributed by atoms with Crippen LogP contribution in [0.5, 0.6) is 0 Å². The predicted molar refractivity (Wildman–Crippen MR) is 91.7 cm³/mol. The summed E-state index contributed by atoms with van der Waals surface area (Å²) in [5, 5.41) is 20.4. The third-order valence-corrected chi connectivity index (χ3v) is 5.05. The molecule has 0 radical (unpaired) electrons. The number of carbonyl (C=O) groups excluding carboxylic acids is 2. The highest BCUT2D eigenvalue weighted by Crippen LogP contribution is 2.22. The Bertz CT molecular complexity index is 910. The maximum absolute atomic E-state index is 12.3. The quantitative estimate of drug-likeness (QED) is 0.726. The highest BCUT2D eigenvalue weighted by molar-refractivity contribution is 7.13. The monoisotopic (exact) mass is 356 g/mol. The van der Waals surface area contributed by atoms with Gasteiger partial charge in [-0.25, -0.2) is 0 Å². The summed E-state index contributed by atoms with van der Waals surface area (Å²) in [6.07, 6.45) is 0.955. The van der Waals surface area contributed by atoms with Crippen molar-refractivity contribution in [1.29, 1.82) is 0 Å². The number of piperidine rings is 1. The zero-order chi connectivity index (χ0) is 17.2. The molecule has 4 rings (SSSR count). The van der Waals surface area contributed by atoms with E-state index >= 15 is 0 Å². The molecule has 0 saturated carbocycles. The van der Waals surface area contributed by atoms with E-state index in [1.54, 1.807) is 15.9 Å². The lowest BCUT2D eigenvalue weighted by Crippen LogP contribution is -2.42. The summed E-state index contributed by atoms with van der Waals surface area (Å²) in [7, 11) is 0. The van der Waals surface area contributed by atoms with Crippen molar-refractivity contribution in [2.24, 2.45) is 5.92 Å². The van der Waals surface area contributed by atoms with Crippen LogP contribution in [-0.4, -0.2) is 38.2 Å². The van der Waals surface area contributed by atoms with Crippen LogP contribution in [0.4, 0.5) is 0 Å². The largest absolute Gasteiger partial charge is 0.355 e. The molecular formula is C16H16N6O2S. The molecule has 2 amide bonds. The molecule has 4 heterocycles. The molecule has 128 valence electrons. The van der Waals surface area contributed by atoms with Crippen molar-refractivity contribution in [3.05, 3.63) is 35.5 Å². The Kier molecular flexibility index (Phi) is 4.14.